The molecule has 2 aliphatic rings. The second kappa shape index (κ2) is 9.70. The average molecular weight is 489 g/mol. The summed E-state index contributed by atoms with van der Waals surface area (Å²) in [5.74, 6) is 0. The maximum atomic E-state index is 5.83. The van der Waals surface area contributed by atoms with Gasteiger partial charge in [-0.25, -0.2) is 4.98 Å². The number of para-hydroxylation sites is 1. The third-order valence-electron chi connectivity index (χ3n) is 7.36. The van der Waals surface area contributed by atoms with Crippen LogP contribution in [-0.2, 0) is 11.3 Å². The summed E-state index contributed by atoms with van der Waals surface area (Å²) in [4.78, 5) is 15.9. The van der Waals surface area contributed by atoms with E-state index in [0.29, 0.717) is 0 Å². The lowest BCUT2D eigenvalue weighted by molar-refractivity contribution is 0.0365. The summed E-state index contributed by atoms with van der Waals surface area (Å²) in [6.07, 6.45) is 0. The van der Waals surface area contributed by atoms with Crippen molar-refractivity contribution < 1.29 is 4.74 Å². The molecule has 0 aliphatic carbocycles. The molecule has 6 rings (SSSR count). The molecule has 0 bridgehead atoms. The van der Waals surface area contributed by atoms with Gasteiger partial charge in [-0.05, 0) is 37.5 Å². The van der Waals surface area contributed by atoms with E-state index in [2.05, 4.69) is 79.8 Å². The number of anilines is 1. The highest BCUT2D eigenvalue weighted by molar-refractivity contribution is 7.71. The number of fused-ring (bicyclic) bond motifs is 3. The van der Waals surface area contributed by atoms with Crippen molar-refractivity contribution in [1.29, 1.82) is 0 Å². The number of nitrogens with one attached hydrogen (secondary N) is 1. The van der Waals surface area contributed by atoms with Crippen LogP contribution in [0, 0.1) is 4.77 Å². The normalized spacial score (nSPS) is 18.0. The van der Waals surface area contributed by atoms with Gasteiger partial charge >= 0.3 is 0 Å². The highest BCUT2D eigenvalue weighted by Gasteiger charge is 2.19. The molecule has 4 aromatic rings. The first kappa shape index (κ1) is 22.7. The van der Waals surface area contributed by atoms with Gasteiger partial charge in [-0.15, -0.1) is 0 Å². The zero-order chi connectivity index (χ0) is 23.8. The van der Waals surface area contributed by atoms with Crippen LogP contribution in [-0.4, -0.2) is 90.4 Å². The van der Waals surface area contributed by atoms with E-state index in [1.54, 1.807) is 0 Å². The van der Waals surface area contributed by atoms with Crippen LogP contribution >= 0.6 is 12.2 Å². The van der Waals surface area contributed by atoms with Gasteiger partial charge in [0.2, 0.25) is 0 Å². The van der Waals surface area contributed by atoms with Gasteiger partial charge in [-0.3, -0.25) is 4.90 Å². The number of ether oxygens (including phenoxy) is 1. The van der Waals surface area contributed by atoms with Crippen molar-refractivity contribution in [2.75, 3.05) is 71.0 Å². The topological polar surface area (TPSA) is 52.6 Å². The molecule has 2 fully saturated rings. The summed E-state index contributed by atoms with van der Waals surface area (Å²) >= 11 is 5.83. The van der Waals surface area contributed by atoms with Crippen molar-refractivity contribution in [3.63, 3.8) is 0 Å². The third kappa shape index (κ3) is 4.47. The number of H-pyrrole nitrogens is 1. The van der Waals surface area contributed by atoms with E-state index in [9.17, 15) is 0 Å². The van der Waals surface area contributed by atoms with Crippen molar-refractivity contribution in [1.82, 2.24) is 24.3 Å². The molecule has 1 N–H and O–H groups in total. The summed E-state index contributed by atoms with van der Waals surface area (Å²) in [6.45, 7) is 9.69. The largest absolute Gasteiger partial charge is 0.379 e. The molecule has 4 heterocycles. The van der Waals surface area contributed by atoms with Crippen LogP contribution in [0.2, 0.25) is 0 Å². The fourth-order valence-electron chi connectivity index (χ4n) is 5.25. The molecule has 7 nitrogen and oxygen atoms in total. The number of piperazine rings is 1. The molecule has 2 aromatic heterocycles. The molecule has 35 heavy (non-hydrogen) atoms. The van der Waals surface area contributed by atoms with Crippen molar-refractivity contribution >= 4 is 39.8 Å². The fraction of sp³-hybridized carbons (Fsp3) is 0.407. The Bertz CT molecular complexity index is 1380. The summed E-state index contributed by atoms with van der Waals surface area (Å²) < 4.78 is 8.52. The minimum absolute atomic E-state index is 0.752. The van der Waals surface area contributed by atoms with Crippen LogP contribution in [0.15, 0.2) is 48.5 Å². The minimum atomic E-state index is 0.752. The van der Waals surface area contributed by atoms with E-state index in [4.69, 9.17) is 21.9 Å². The standard InChI is InChI=1S/C27H32N6OS/c1-30-10-13-32(14-11-30)21-8-6-20(7-9-21)24-25-26(22-4-2-3-5-23(22)28-24)33(27(35)29-25)15-12-31-16-18-34-19-17-31/h2-9H,10-19H2,1H3,(H,29,35). The minimum Gasteiger partial charge on any atom is -0.379 e. The molecule has 0 unspecified atom stereocenters. The van der Waals surface area contributed by atoms with Crippen LogP contribution in [0.5, 0.6) is 0 Å². The SMILES string of the molecule is CN1CCN(c2ccc(-c3nc4ccccc4c4c3[nH]c(=S)n4CCN3CCOCC3)cc2)CC1. The Kier molecular flexibility index (Phi) is 6.28. The van der Waals surface area contributed by atoms with Crippen LogP contribution in [0.1, 0.15) is 0 Å². The van der Waals surface area contributed by atoms with Gasteiger partial charge in [0.1, 0.15) is 0 Å². The predicted octanol–water partition coefficient (Wildman–Crippen LogP) is 4.00. The van der Waals surface area contributed by atoms with Crippen molar-refractivity contribution in [2.24, 2.45) is 0 Å². The first-order valence-electron chi connectivity index (χ1n) is 12.5. The molecule has 0 spiro atoms. The summed E-state index contributed by atoms with van der Waals surface area (Å²) in [6, 6.07) is 17.2. The molecule has 2 aromatic carbocycles. The Hall–Kier alpha value is -2.78. The first-order chi connectivity index (χ1) is 17.2. The number of hydrogen-bond donors (Lipinski definition) is 1. The van der Waals surface area contributed by atoms with Gasteiger partial charge < -0.3 is 24.1 Å². The second-order valence-electron chi connectivity index (χ2n) is 9.57. The third-order valence-corrected chi connectivity index (χ3v) is 7.69. The number of nitrogens with zero attached hydrogens (tertiary/aromatic N) is 5. The molecule has 0 radical (unpaired) electrons. The highest BCUT2D eigenvalue weighted by atomic mass is 32.1. The van der Waals surface area contributed by atoms with Gasteiger partial charge in [-0.2, -0.15) is 0 Å². The quantitative estimate of drug-likeness (QED) is 0.429. The van der Waals surface area contributed by atoms with Crippen LogP contribution in [0.25, 0.3) is 33.2 Å². The molecule has 2 saturated heterocycles. The maximum absolute atomic E-state index is 5.83. The van der Waals surface area contributed by atoms with Crippen molar-refractivity contribution in [3.05, 3.63) is 53.3 Å². The van der Waals surface area contributed by atoms with Gasteiger partial charge in [0.25, 0.3) is 0 Å². The van der Waals surface area contributed by atoms with Crippen LogP contribution in [0.4, 0.5) is 5.69 Å². The summed E-state index contributed by atoms with van der Waals surface area (Å²) in [7, 11) is 2.19. The Morgan fingerprint density at radius 1 is 0.914 bits per heavy atom. The van der Waals surface area contributed by atoms with Crippen molar-refractivity contribution in [2.45, 2.75) is 6.54 Å². The predicted molar refractivity (Wildman–Crippen MR) is 145 cm³/mol. The lowest BCUT2D eigenvalue weighted by Gasteiger charge is -2.34. The smallest absolute Gasteiger partial charge is 0.178 e. The van der Waals surface area contributed by atoms with Gasteiger partial charge in [-0.1, -0.05) is 30.3 Å². The molecule has 182 valence electrons. The number of hydrogen-bond acceptors (Lipinski definition) is 6. The number of rotatable bonds is 5. The second-order valence-corrected chi connectivity index (χ2v) is 9.96. The lowest BCUT2D eigenvalue weighted by atomic mass is 10.1. The summed E-state index contributed by atoms with van der Waals surface area (Å²) in [5.41, 5.74) is 6.49. The number of benzene rings is 2. The first-order valence-corrected chi connectivity index (χ1v) is 12.9. The number of aromatic amines is 1. The highest BCUT2D eigenvalue weighted by Crippen LogP contribution is 2.33. The Morgan fingerprint density at radius 2 is 1.66 bits per heavy atom. The molecular weight excluding hydrogens is 456 g/mol. The average Bonchev–Trinajstić information content (AvgIpc) is 3.24. The lowest BCUT2D eigenvalue weighted by Crippen LogP contribution is -2.44. The van der Waals surface area contributed by atoms with E-state index < -0.39 is 0 Å². The van der Waals surface area contributed by atoms with E-state index in [1.807, 2.05) is 0 Å². The molecule has 0 saturated carbocycles. The van der Waals surface area contributed by atoms with Crippen LogP contribution < -0.4 is 4.90 Å². The Morgan fingerprint density at radius 3 is 2.43 bits per heavy atom. The molecule has 0 amide bonds. The number of imidazole rings is 1. The zero-order valence-electron chi connectivity index (χ0n) is 20.2. The number of aromatic nitrogens is 3. The molecule has 0 atom stereocenters. The van der Waals surface area contributed by atoms with Gasteiger partial charge in [0.05, 0.1) is 35.5 Å². The monoisotopic (exact) mass is 488 g/mol. The summed E-state index contributed by atoms with van der Waals surface area (Å²) in [5, 5.41) is 1.13. The maximum Gasteiger partial charge on any atom is 0.178 e. The zero-order valence-corrected chi connectivity index (χ0v) is 21.1. The van der Waals surface area contributed by atoms with E-state index >= 15 is 0 Å². The number of pyridine rings is 1. The molecular formula is C27H32N6OS. The van der Waals surface area contributed by atoms with Gasteiger partial charge in [0.15, 0.2) is 4.77 Å². The van der Waals surface area contributed by atoms with Crippen molar-refractivity contribution in [3.8, 4) is 11.3 Å². The van der Waals surface area contributed by atoms with Crippen LogP contribution in [0.3, 0.4) is 0 Å². The molecule has 8 heteroatoms. The fourth-order valence-corrected chi connectivity index (χ4v) is 5.54. The van der Waals surface area contributed by atoms with Gasteiger partial charge in [0, 0.05) is 69.0 Å². The Balaban J connectivity index is 1.39. The number of morpholine rings is 1. The molecule has 2 aliphatic heterocycles. The van der Waals surface area contributed by atoms with E-state index in [-0.39, 0.29) is 0 Å². The number of likely N-dealkylation sites (N-methyl/N-ethyl adjacent to an activating group) is 1. The van der Waals surface area contributed by atoms with E-state index in [1.165, 1.54) is 5.69 Å². The Labute approximate surface area is 210 Å². The van der Waals surface area contributed by atoms with E-state index in [0.717, 1.165) is 104 Å².